The molecule has 4 aromatic rings. The van der Waals surface area contributed by atoms with Crippen molar-refractivity contribution in [1.82, 2.24) is 15.0 Å². The molecule has 0 aliphatic heterocycles. The van der Waals surface area contributed by atoms with Crippen molar-refractivity contribution in [2.45, 2.75) is 4.90 Å². The average Bonchev–Trinajstić information content (AvgIpc) is 2.92. The van der Waals surface area contributed by atoms with E-state index in [0.717, 1.165) is 0 Å². The molecule has 14 heteroatoms. The molecular weight excluding hydrogens is 528 g/mol. The topological polar surface area (TPSA) is 172 Å². The van der Waals surface area contributed by atoms with Crippen molar-refractivity contribution >= 4 is 56.4 Å². The van der Waals surface area contributed by atoms with Crippen molar-refractivity contribution in [2.24, 2.45) is 0 Å². The van der Waals surface area contributed by atoms with E-state index in [9.17, 15) is 23.1 Å². The number of rotatable bonds is 11. The van der Waals surface area contributed by atoms with Gasteiger partial charge in [-0.2, -0.15) is 0 Å². The minimum absolute atomic E-state index is 0.0815. The van der Waals surface area contributed by atoms with Crippen LogP contribution in [-0.2, 0) is 14.8 Å². The van der Waals surface area contributed by atoms with Crippen LogP contribution in [0, 0.1) is 0 Å². The average molecular weight is 553 g/mol. The molecule has 0 bridgehead atoms. The van der Waals surface area contributed by atoms with Crippen LogP contribution in [0.2, 0.25) is 0 Å². The Kier molecular flexibility index (Phi) is 7.96. The van der Waals surface area contributed by atoms with E-state index in [-0.39, 0.29) is 22.2 Å². The summed E-state index contributed by atoms with van der Waals surface area (Å²) in [5.74, 6) is 1.04. The maximum Gasteiger partial charge on any atom is 0.426 e. The fraction of sp³-hybridized carbons (Fsp3) is 0.120. The van der Waals surface area contributed by atoms with Gasteiger partial charge in [0.2, 0.25) is 0 Å². The van der Waals surface area contributed by atoms with Gasteiger partial charge in [0.25, 0.3) is 10.0 Å². The van der Waals surface area contributed by atoms with Crippen LogP contribution in [0.1, 0.15) is 0 Å². The number of carbonyl (C=O) groups excluding carboxylic acids is 1. The third kappa shape index (κ3) is 6.42. The molecule has 1 amide bonds. The van der Waals surface area contributed by atoms with Gasteiger partial charge >= 0.3 is 6.09 Å². The zero-order chi connectivity index (χ0) is 28.0. The van der Waals surface area contributed by atoms with Gasteiger partial charge in [0.15, 0.2) is 11.6 Å². The van der Waals surface area contributed by atoms with Gasteiger partial charge in [-0.3, -0.25) is 10.1 Å². The van der Waals surface area contributed by atoms with Crippen molar-refractivity contribution < 1.29 is 32.6 Å². The summed E-state index contributed by atoms with van der Waals surface area (Å²) in [6.45, 7) is -0.457. The summed E-state index contributed by atoms with van der Waals surface area (Å²) in [7, 11) is -1.22. The first-order chi connectivity index (χ1) is 18.7. The number of methoxy groups -OCH3 is 2. The summed E-state index contributed by atoms with van der Waals surface area (Å²) in [5, 5.41) is 12.9. The third-order valence-electron chi connectivity index (χ3n) is 5.31. The lowest BCUT2D eigenvalue weighted by molar-refractivity contribution is -0.108. The lowest BCUT2D eigenvalue weighted by Crippen LogP contribution is -2.36. The van der Waals surface area contributed by atoms with Crippen LogP contribution in [0.15, 0.2) is 71.6 Å². The number of nitrogens with zero attached hydrogens (tertiary/aromatic N) is 3. The molecule has 0 fully saturated rings. The number of aldehydes is 1. The van der Waals surface area contributed by atoms with E-state index in [2.05, 4.69) is 25.4 Å². The molecule has 0 atom stereocenters. The van der Waals surface area contributed by atoms with Crippen LogP contribution < -0.4 is 24.9 Å². The van der Waals surface area contributed by atoms with Crippen LogP contribution in [0.25, 0.3) is 11.0 Å². The van der Waals surface area contributed by atoms with Crippen molar-refractivity contribution in [3.63, 3.8) is 0 Å². The Morgan fingerprint density at radius 3 is 2.15 bits per heavy atom. The number of ether oxygens (including phenoxy) is 2. The number of hydrogen-bond acceptors (Lipinski definition) is 10. The number of aromatic nitrogens is 2. The van der Waals surface area contributed by atoms with Crippen LogP contribution in [-0.4, -0.2) is 61.6 Å². The second-order valence-electron chi connectivity index (χ2n) is 7.94. The van der Waals surface area contributed by atoms with E-state index >= 15 is 0 Å². The Balaban J connectivity index is 1.71. The first-order valence-electron chi connectivity index (χ1n) is 11.3. The first kappa shape index (κ1) is 26.9. The maximum absolute atomic E-state index is 13.4. The number of anilines is 4. The van der Waals surface area contributed by atoms with E-state index < -0.39 is 22.7 Å². The molecule has 3 aromatic carbocycles. The summed E-state index contributed by atoms with van der Waals surface area (Å²) in [6, 6.07) is 17.4. The molecule has 4 rings (SSSR count). The summed E-state index contributed by atoms with van der Waals surface area (Å²) >= 11 is 0. The first-order valence-corrected chi connectivity index (χ1v) is 12.8. The number of fused-ring (bicyclic) bond motifs is 1. The standard InChI is InChI=1S/C25H24N6O7S/c1-37-18-12-17(13-19(15-18)38-2)26-23-24(28-22-9-4-3-8-21(22)27-23)30-39(35,36)20-7-5-6-16(14-20)29-31(10-11-32)25(33)34/h3-9,11-15,29H,10H2,1-2H3,(H,26,27)(H,28,30)(H,33,34). The number of nitrogens with one attached hydrogen (secondary N) is 3. The molecule has 1 aromatic heterocycles. The Bertz CT molecular complexity index is 1610. The fourth-order valence-electron chi connectivity index (χ4n) is 3.50. The van der Waals surface area contributed by atoms with Gasteiger partial charge in [-0.25, -0.2) is 28.2 Å². The zero-order valence-electron chi connectivity index (χ0n) is 20.8. The lowest BCUT2D eigenvalue weighted by Gasteiger charge is -2.19. The van der Waals surface area contributed by atoms with Gasteiger partial charge in [0.05, 0.1) is 35.8 Å². The lowest BCUT2D eigenvalue weighted by atomic mass is 10.2. The number of amides is 1. The number of sulfonamides is 1. The highest BCUT2D eigenvalue weighted by Crippen LogP contribution is 2.31. The molecule has 13 nitrogen and oxygen atoms in total. The van der Waals surface area contributed by atoms with Crippen molar-refractivity contribution in [1.29, 1.82) is 0 Å². The molecule has 202 valence electrons. The number of benzene rings is 3. The van der Waals surface area contributed by atoms with Crippen molar-refractivity contribution in [3.05, 3.63) is 66.7 Å². The Hall–Kier alpha value is -5.11. The highest BCUT2D eigenvalue weighted by molar-refractivity contribution is 7.92. The van der Waals surface area contributed by atoms with E-state index in [4.69, 9.17) is 9.47 Å². The Morgan fingerprint density at radius 2 is 1.56 bits per heavy atom. The monoisotopic (exact) mass is 552 g/mol. The van der Waals surface area contributed by atoms with E-state index in [1.54, 1.807) is 42.5 Å². The van der Waals surface area contributed by atoms with Crippen molar-refractivity contribution in [3.8, 4) is 11.5 Å². The second-order valence-corrected chi connectivity index (χ2v) is 9.62. The summed E-state index contributed by atoms with van der Waals surface area (Å²) < 4.78 is 39.8. The molecule has 39 heavy (non-hydrogen) atoms. The van der Waals surface area contributed by atoms with Crippen molar-refractivity contribution in [2.75, 3.05) is 36.2 Å². The highest BCUT2D eigenvalue weighted by atomic mass is 32.2. The Labute approximate surface area is 223 Å². The maximum atomic E-state index is 13.4. The summed E-state index contributed by atoms with van der Waals surface area (Å²) in [6.07, 6.45) is -1.02. The van der Waals surface area contributed by atoms with Gasteiger partial charge in [-0.15, -0.1) is 0 Å². The third-order valence-corrected chi connectivity index (χ3v) is 6.65. The van der Waals surface area contributed by atoms with Crippen LogP contribution in [0.4, 0.5) is 27.8 Å². The molecule has 1 heterocycles. The number of carboxylic acid groups (broad SMARTS) is 1. The van der Waals surface area contributed by atoms with Gasteiger partial charge in [-0.05, 0) is 30.3 Å². The molecule has 0 aliphatic rings. The number of hydrazine groups is 1. The quantitative estimate of drug-likeness (QED) is 0.158. The number of carbonyl (C=O) groups is 2. The van der Waals surface area contributed by atoms with Gasteiger partial charge in [-0.1, -0.05) is 18.2 Å². The van der Waals surface area contributed by atoms with E-state index in [0.29, 0.717) is 39.5 Å². The van der Waals surface area contributed by atoms with Gasteiger partial charge in [0, 0.05) is 23.9 Å². The minimum Gasteiger partial charge on any atom is -0.497 e. The smallest absolute Gasteiger partial charge is 0.426 e. The normalized spacial score (nSPS) is 10.9. The predicted molar refractivity (Wildman–Crippen MR) is 144 cm³/mol. The highest BCUT2D eigenvalue weighted by Gasteiger charge is 2.21. The van der Waals surface area contributed by atoms with Crippen LogP contribution in [0.5, 0.6) is 11.5 Å². The summed E-state index contributed by atoms with van der Waals surface area (Å²) in [5.41, 5.74) is 4.10. The molecule has 0 aliphatic carbocycles. The molecule has 0 unspecified atom stereocenters. The predicted octanol–water partition coefficient (Wildman–Crippen LogP) is 3.70. The Morgan fingerprint density at radius 1 is 0.923 bits per heavy atom. The van der Waals surface area contributed by atoms with E-state index in [1.807, 2.05) is 0 Å². The van der Waals surface area contributed by atoms with Crippen LogP contribution in [0.3, 0.4) is 0 Å². The number of hydrogen-bond donors (Lipinski definition) is 4. The molecule has 0 saturated heterocycles. The largest absolute Gasteiger partial charge is 0.497 e. The fourth-order valence-corrected chi connectivity index (χ4v) is 4.55. The van der Waals surface area contributed by atoms with E-state index in [1.165, 1.54) is 38.5 Å². The molecular formula is C25H24N6O7S. The second kappa shape index (κ2) is 11.5. The van der Waals surface area contributed by atoms with Crippen LogP contribution >= 0.6 is 0 Å². The van der Waals surface area contributed by atoms with Gasteiger partial charge in [0.1, 0.15) is 24.3 Å². The number of para-hydroxylation sites is 2. The molecule has 4 N–H and O–H groups in total. The zero-order valence-corrected chi connectivity index (χ0v) is 21.6. The molecule has 0 spiro atoms. The summed E-state index contributed by atoms with van der Waals surface area (Å²) in [4.78, 5) is 30.9. The molecule has 0 saturated carbocycles. The molecule has 0 radical (unpaired) electrons. The SMILES string of the molecule is COc1cc(Nc2nc3ccccc3nc2NS(=O)(=O)c2cccc(NN(CC=O)C(=O)O)c2)cc(OC)c1. The van der Waals surface area contributed by atoms with Gasteiger partial charge < -0.3 is 24.7 Å². The minimum atomic E-state index is -4.23.